The third-order valence-corrected chi connectivity index (χ3v) is 2.71. The van der Waals surface area contributed by atoms with Gasteiger partial charge in [-0.05, 0) is 12.1 Å². The number of rotatable bonds is 3. The van der Waals surface area contributed by atoms with Gasteiger partial charge in [0, 0.05) is 30.5 Å². The summed E-state index contributed by atoms with van der Waals surface area (Å²) in [6.45, 7) is 0.595. The predicted molar refractivity (Wildman–Crippen MR) is 60.4 cm³/mol. The van der Waals surface area contributed by atoms with Crippen LogP contribution < -0.4 is 10.2 Å². The van der Waals surface area contributed by atoms with Gasteiger partial charge in [0.2, 0.25) is 0 Å². The van der Waals surface area contributed by atoms with Gasteiger partial charge in [-0.1, -0.05) is 6.07 Å². The van der Waals surface area contributed by atoms with Crippen LogP contribution in [0.1, 0.15) is 11.7 Å². The van der Waals surface area contributed by atoms with E-state index >= 15 is 0 Å². The molecule has 1 aromatic carbocycles. The van der Waals surface area contributed by atoms with Crippen LogP contribution in [0.2, 0.25) is 0 Å². The van der Waals surface area contributed by atoms with Crippen LogP contribution >= 0.6 is 0 Å². The third kappa shape index (κ3) is 1.75. The van der Waals surface area contributed by atoms with Crippen molar-refractivity contribution in [2.24, 2.45) is 0 Å². The first-order valence-electron chi connectivity index (χ1n) is 5.08. The van der Waals surface area contributed by atoms with E-state index in [0.717, 1.165) is 5.69 Å². The molecule has 2 rings (SSSR count). The first-order chi connectivity index (χ1) is 7.63. The number of nitrogens with one attached hydrogen (secondary N) is 1. The number of anilines is 2. The fraction of sp³-hybridized carbons (Fsp3) is 0.364. The van der Waals surface area contributed by atoms with Gasteiger partial charge in [-0.15, -0.1) is 0 Å². The van der Waals surface area contributed by atoms with Crippen molar-refractivity contribution < 1.29 is 15.0 Å². The minimum absolute atomic E-state index is 0.0720. The molecule has 5 heteroatoms. The molecule has 0 saturated heterocycles. The van der Waals surface area contributed by atoms with Crippen molar-refractivity contribution in [2.45, 2.75) is 6.10 Å². The molecule has 0 fully saturated rings. The fourth-order valence-corrected chi connectivity index (χ4v) is 1.75. The Morgan fingerprint density at radius 3 is 2.94 bits per heavy atom. The van der Waals surface area contributed by atoms with E-state index in [-0.39, 0.29) is 6.61 Å². The highest BCUT2D eigenvalue weighted by atomic mass is 16.3. The second kappa shape index (κ2) is 4.11. The minimum Gasteiger partial charge on any atom is -0.395 e. The largest absolute Gasteiger partial charge is 0.395 e. The Morgan fingerprint density at radius 1 is 1.50 bits per heavy atom. The van der Waals surface area contributed by atoms with Crippen LogP contribution in [-0.2, 0) is 4.79 Å². The van der Waals surface area contributed by atoms with E-state index in [4.69, 9.17) is 5.11 Å². The molecule has 86 valence electrons. The summed E-state index contributed by atoms with van der Waals surface area (Å²) in [7, 11) is 1.85. The van der Waals surface area contributed by atoms with Gasteiger partial charge in [0.05, 0.1) is 6.61 Å². The number of aliphatic hydroxyl groups excluding tert-OH is 2. The highest BCUT2D eigenvalue weighted by Crippen LogP contribution is 2.33. The zero-order chi connectivity index (χ0) is 11.7. The maximum absolute atomic E-state index is 11.2. The van der Waals surface area contributed by atoms with Gasteiger partial charge in [-0.3, -0.25) is 4.79 Å². The number of hydrogen-bond donors (Lipinski definition) is 3. The van der Waals surface area contributed by atoms with Gasteiger partial charge in [0.15, 0.2) is 6.10 Å². The molecule has 0 aromatic heterocycles. The van der Waals surface area contributed by atoms with Crippen LogP contribution in [0.4, 0.5) is 11.4 Å². The molecule has 0 saturated carbocycles. The number of likely N-dealkylation sites (N-methyl/N-ethyl adjacent to an activating group) is 1. The number of amides is 1. The lowest BCUT2D eigenvalue weighted by Gasteiger charge is -2.18. The third-order valence-electron chi connectivity index (χ3n) is 2.71. The maximum atomic E-state index is 11.2. The number of nitrogens with zero attached hydrogens (tertiary/aromatic N) is 1. The standard InChI is InChI=1S/C11H14N2O3/c1-13(4-5-14)7-2-3-8-9(6-7)12-11(16)10(8)15/h2-3,6,10,14-15H,4-5H2,1H3,(H,12,16). The van der Waals surface area contributed by atoms with Crippen LogP contribution in [0.15, 0.2) is 18.2 Å². The zero-order valence-electron chi connectivity index (χ0n) is 8.97. The average Bonchev–Trinajstić information content (AvgIpc) is 2.55. The molecular formula is C11H14N2O3. The summed E-state index contributed by atoms with van der Waals surface area (Å²) in [4.78, 5) is 13.1. The van der Waals surface area contributed by atoms with E-state index in [1.165, 1.54) is 0 Å². The lowest BCUT2D eigenvalue weighted by Crippen LogP contribution is -2.21. The summed E-state index contributed by atoms with van der Waals surface area (Å²) in [6.07, 6.45) is -1.06. The molecule has 1 aliphatic rings. The van der Waals surface area contributed by atoms with Crippen LogP contribution in [-0.4, -0.2) is 36.3 Å². The Labute approximate surface area is 93.3 Å². The van der Waals surface area contributed by atoms with Gasteiger partial charge < -0.3 is 20.4 Å². The number of carbonyl (C=O) groups is 1. The normalized spacial score (nSPS) is 18.2. The first-order valence-corrected chi connectivity index (χ1v) is 5.08. The Hall–Kier alpha value is -1.59. The molecule has 1 heterocycles. The Balaban J connectivity index is 2.28. The zero-order valence-corrected chi connectivity index (χ0v) is 8.97. The van der Waals surface area contributed by atoms with E-state index in [9.17, 15) is 9.90 Å². The van der Waals surface area contributed by atoms with Gasteiger partial charge in [0.1, 0.15) is 0 Å². The molecule has 1 atom stereocenters. The topological polar surface area (TPSA) is 72.8 Å². The van der Waals surface area contributed by atoms with E-state index in [1.807, 2.05) is 18.0 Å². The number of carbonyl (C=O) groups excluding carboxylic acids is 1. The van der Waals surface area contributed by atoms with Crippen molar-refractivity contribution in [1.29, 1.82) is 0 Å². The van der Waals surface area contributed by atoms with E-state index in [1.54, 1.807) is 12.1 Å². The average molecular weight is 222 g/mol. The SMILES string of the molecule is CN(CCO)c1ccc2c(c1)NC(=O)C2O. The molecular weight excluding hydrogens is 208 g/mol. The molecule has 1 amide bonds. The minimum atomic E-state index is -1.06. The lowest BCUT2D eigenvalue weighted by atomic mass is 10.1. The number of aliphatic hydroxyl groups is 2. The van der Waals surface area contributed by atoms with E-state index < -0.39 is 12.0 Å². The van der Waals surface area contributed by atoms with Crippen LogP contribution in [0.5, 0.6) is 0 Å². The summed E-state index contributed by atoms with van der Waals surface area (Å²) >= 11 is 0. The number of benzene rings is 1. The quantitative estimate of drug-likeness (QED) is 0.678. The molecule has 1 aliphatic heterocycles. The van der Waals surface area contributed by atoms with Crippen molar-refractivity contribution in [1.82, 2.24) is 0 Å². The fourth-order valence-electron chi connectivity index (χ4n) is 1.75. The van der Waals surface area contributed by atoms with Crippen molar-refractivity contribution in [3.05, 3.63) is 23.8 Å². The molecule has 0 aliphatic carbocycles. The van der Waals surface area contributed by atoms with Gasteiger partial charge in [-0.25, -0.2) is 0 Å². The molecule has 5 nitrogen and oxygen atoms in total. The van der Waals surface area contributed by atoms with E-state index in [2.05, 4.69) is 5.32 Å². The summed E-state index contributed by atoms with van der Waals surface area (Å²) in [5.74, 6) is -0.392. The van der Waals surface area contributed by atoms with Crippen molar-refractivity contribution in [2.75, 3.05) is 30.4 Å². The second-order valence-electron chi connectivity index (χ2n) is 3.81. The molecule has 3 N–H and O–H groups in total. The van der Waals surface area contributed by atoms with Gasteiger partial charge >= 0.3 is 0 Å². The predicted octanol–water partition coefficient (Wildman–Crippen LogP) is 0.101. The van der Waals surface area contributed by atoms with Crippen molar-refractivity contribution in [3.8, 4) is 0 Å². The second-order valence-corrected chi connectivity index (χ2v) is 3.81. The van der Waals surface area contributed by atoms with Crippen LogP contribution in [0.25, 0.3) is 0 Å². The molecule has 1 aromatic rings. The Morgan fingerprint density at radius 2 is 2.25 bits per heavy atom. The van der Waals surface area contributed by atoms with Crippen LogP contribution in [0.3, 0.4) is 0 Å². The lowest BCUT2D eigenvalue weighted by molar-refractivity contribution is -0.123. The Bertz CT molecular complexity index is 420. The molecule has 0 bridgehead atoms. The highest BCUT2D eigenvalue weighted by molar-refractivity contribution is 6.02. The maximum Gasteiger partial charge on any atom is 0.257 e. The monoisotopic (exact) mass is 222 g/mol. The van der Waals surface area contributed by atoms with Crippen LogP contribution in [0, 0.1) is 0 Å². The molecule has 16 heavy (non-hydrogen) atoms. The van der Waals surface area contributed by atoms with E-state index in [0.29, 0.717) is 17.8 Å². The van der Waals surface area contributed by atoms with Gasteiger partial charge in [-0.2, -0.15) is 0 Å². The number of fused-ring (bicyclic) bond motifs is 1. The summed E-state index contributed by atoms with van der Waals surface area (Å²) < 4.78 is 0. The van der Waals surface area contributed by atoms with Gasteiger partial charge in [0.25, 0.3) is 5.91 Å². The summed E-state index contributed by atoms with van der Waals surface area (Å²) in [5.41, 5.74) is 2.13. The number of hydrogen-bond acceptors (Lipinski definition) is 4. The van der Waals surface area contributed by atoms with Crippen molar-refractivity contribution >= 4 is 17.3 Å². The smallest absolute Gasteiger partial charge is 0.257 e. The summed E-state index contributed by atoms with van der Waals surface area (Å²) in [6, 6.07) is 5.33. The Kier molecular flexibility index (Phi) is 2.80. The summed E-state index contributed by atoms with van der Waals surface area (Å²) in [5, 5.41) is 20.9. The molecule has 0 radical (unpaired) electrons. The van der Waals surface area contributed by atoms with Crippen molar-refractivity contribution in [3.63, 3.8) is 0 Å². The molecule has 0 spiro atoms. The highest BCUT2D eigenvalue weighted by Gasteiger charge is 2.28. The first kappa shape index (κ1) is 10.9. The molecule has 1 unspecified atom stereocenters.